The maximum absolute atomic E-state index is 12.2. The van der Waals surface area contributed by atoms with Crippen LogP contribution in [0.25, 0.3) is 0 Å². The highest BCUT2D eigenvalue weighted by atomic mass is 16.5. The molecule has 3 aromatic rings. The second-order valence-electron chi connectivity index (χ2n) is 8.30. The van der Waals surface area contributed by atoms with E-state index in [1.807, 2.05) is 12.1 Å². The number of esters is 2. The van der Waals surface area contributed by atoms with E-state index in [1.54, 1.807) is 66.7 Å². The van der Waals surface area contributed by atoms with Crippen LogP contribution in [0.15, 0.2) is 84.9 Å². The van der Waals surface area contributed by atoms with Gasteiger partial charge in [0.25, 0.3) is 0 Å². The molecule has 9 N–H and O–H groups in total. The van der Waals surface area contributed by atoms with Crippen LogP contribution in [0.3, 0.4) is 0 Å². The molecular formula is C30H43N5O4. The number of benzene rings is 3. The van der Waals surface area contributed by atoms with Crippen molar-refractivity contribution in [2.24, 2.45) is 22.9 Å². The lowest BCUT2D eigenvalue weighted by Crippen LogP contribution is -2.27. The molecule has 0 bridgehead atoms. The van der Waals surface area contributed by atoms with Crippen LogP contribution >= 0.6 is 0 Å². The number of rotatable bonds is 13. The van der Waals surface area contributed by atoms with Crippen molar-refractivity contribution in [1.82, 2.24) is 5.32 Å². The molecule has 9 nitrogen and oxygen atoms in total. The van der Waals surface area contributed by atoms with Crippen LogP contribution in [0, 0.1) is 0 Å². The van der Waals surface area contributed by atoms with Crippen molar-refractivity contribution in [3.05, 3.63) is 96.1 Å². The standard InChI is InChI=1S/C20H14O4.C6H16N2.C4H13N3/c21-19(23-17-10-3-1-4-11-17)15-8-7-9-16(14-15)20(22)24-18-12-5-2-6-13-18;7-5-3-1-2-4-6-8;5-1-3-7-4-2-6/h1-14H;1-8H2;7H,1-6H2. The lowest BCUT2D eigenvalue weighted by atomic mass is 10.1. The van der Waals surface area contributed by atoms with Crippen LogP contribution in [0.4, 0.5) is 0 Å². The second-order valence-corrected chi connectivity index (χ2v) is 8.30. The molecule has 0 spiro atoms. The molecule has 0 aliphatic heterocycles. The fourth-order valence-electron chi connectivity index (χ4n) is 3.05. The Balaban J connectivity index is 0.000000419. The molecule has 0 amide bonds. The van der Waals surface area contributed by atoms with Crippen molar-refractivity contribution in [2.45, 2.75) is 25.7 Å². The summed E-state index contributed by atoms with van der Waals surface area (Å²) in [5.74, 6) is -0.175. The van der Waals surface area contributed by atoms with Crippen LogP contribution in [0.1, 0.15) is 46.4 Å². The zero-order valence-electron chi connectivity index (χ0n) is 22.6. The molecule has 3 rings (SSSR count). The van der Waals surface area contributed by atoms with Gasteiger partial charge in [-0.1, -0.05) is 55.3 Å². The summed E-state index contributed by atoms with van der Waals surface area (Å²) in [6.45, 7) is 4.78. The fourth-order valence-corrected chi connectivity index (χ4v) is 3.05. The highest BCUT2D eigenvalue weighted by Crippen LogP contribution is 2.15. The van der Waals surface area contributed by atoms with Crippen LogP contribution in [0.2, 0.25) is 0 Å². The topological polar surface area (TPSA) is 169 Å². The number of hydrogen-bond acceptors (Lipinski definition) is 9. The number of nitrogens with two attached hydrogens (primary N) is 4. The van der Waals surface area contributed by atoms with E-state index in [-0.39, 0.29) is 11.1 Å². The van der Waals surface area contributed by atoms with Crippen molar-refractivity contribution in [3.8, 4) is 11.5 Å². The Hall–Kier alpha value is -3.60. The van der Waals surface area contributed by atoms with Gasteiger partial charge in [0.2, 0.25) is 0 Å². The predicted octanol–water partition coefficient (Wildman–Crippen LogP) is 3.08. The van der Waals surface area contributed by atoms with Gasteiger partial charge in [-0.25, -0.2) is 9.59 Å². The Morgan fingerprint density at radius 2 is 0.949 bits per heavy atom. The molecule has 0 fully saturated rings. The van der Waals surface area contributed by atoms with Gasteiger partial charge < -0.3 is 37.7 Å². The lowest BCUT2D eigenvalue weighted by molar-refractivity contribution is 0.0734. The summed E-state index contributed by atoms with van der Waals surface area (Å²) in [7, 11) is 0. The summed E-state index contributed by atoms with van der Waals surface area (Å²) < 4.78 is 10.5. The normalized spacial score (nSPS) is 9.85. The highest BCUT2D eigenvalue weighted by Gasteiger charge is 2.14. The van der Waals surface area contributed by atoms with Crippen molar-refractivity contribution in [1.29, 1.82) is 0 Å². The van der Waals surface area contributed by atoms with Gasteiger partial charge in [0.1, 0.15) is 11.5 Å². The average molecular weight is 538 g/mol. The van der Waals surface area contributed by atoms with Gasteiger partial charge in [0.15, 0.2) is 0 Å². The van der Waals surface area contributed by atoms with E-state index in [0.717, 1.165) is 39.0 Å². The Morgan fingerprint density at radius 1 is 0.538 bits per heavy atom. The van der Waals surface area contributed by atoms with E-state index >= 15 is 0 Å². The monoisotopic (exact) mass is 537 g/mol. The molecule has 0 aromatic heterocycles. The van der Waals surface area contributed by atoms with Gasteiger partial charge in [-0.2, -0.15) is 0 Å². The molecule has 0 aliphatic rings. The van der Waals surface area contributed by atoms with E-state index < -0.39 is 11.9 Å². The molecular weight excluding hydrogens is 494 g/mol. The summed E-state index contributed by atoms with van der Waals surface area (Å²) in [5, 5.41) is 3.03. The maximum atomic E-state index is 12.2. The summed E-state index contributed by atoms with van der Waals surface area (Å²) in [6.07, 6.45) is 4.79. The van der Waals surface area contributed by atoms with E-state index in [2.05, 4.69) is 5.32 Å². The molecule has 9 heteroatoms. The van der Waals surface area contributed by atoms with Crippen LogP contribution < -0.4 is 37.7 Å². The first-order valence-corrected chi connectivity index (χ1v) is 13.2. The third kappa shape index (κ3) is 16.1. The van der Waals surface area contributed by atoms with Crippen LogP contribution in [0.5, 0.6) is 11.5 Å². The first-order valence-electron chi connectivity index (χ1n) is 13.2. The molecule has 0 atom stereocenters. The third-order valence-corrected chi connectivity index (χ3v) is 5.04. The number of ether oxygens (including phenoxy) is 2. The minimum absolute atomic E-state index is 0.279. The molecule has 3 aromatic carbocycles. The van der Waals surface area contributed by atoms with Gasteiger partial charge >= 0.3 is 11.9 Å². The zero-order chi connectivity index (χ0) is 28.6. The summed E-state index contributed by atoms with van der Waals surface area (Å²) >= 11 is 0. The molecule has 0 unspecified atom stereocenters. The molecule has 0 radical (unpaired) electrons. The largest absolute Gasteiger partial charge is 0.423 e. The third-order valence-electron chi connectivity index (χ3n) is 5.04. The molecule has 0 saturated heterocycles. The molecule has 39 heavy (non-hydrogen) atoms. The van der Waals surface area contributed by atoms with Crippen molar-refractivity contribution < 1.29 is 19.1 Å². The Morgan fingerprint density at radius 3 is 1.31 bits per heavy atom. The molecule has 0 heterocycles. The first-order chi connectivity index (χ1) is 19.0. The Labute approximate surface area is 231 Å². The van der Waals surface area contributed by atoms with E-state index in [0.29, 0.717) is 24.6 Å². The number of carbonyl (C=O) groups excluding carboxylic acids is 2. The predicted molar refractivity (Wildman–Crippen MR) is 157 cm³/mol. The number of nitrogens with one attached hydrogen (secondary N) is 1. The lowest BCUT2D eigenvalue weighted by Gasteiger charge is -2.07. The van der Waals surface area contributed by atoms with E-state index in [4.69, 9.17) is 32.4 Å². The van der Waals surface area contributed by atoms with Gasteiger partial charge in [0.05, 0.1) is 11.1 Å². The summed E-state index contributed by atoms with van der Waals surface area (Å²) in [6, 6.07) is 23.7. The van der Waals surface area contributed by atoms with E-state index in [9.17, 15) is 9.59 Å². The number of hydrogen-bond donors (Lipinski definition) is 5. The summed E-state index contributed by atoms with van der Waals surface area (Å²) in [4.78, 5) is 24.3. The van der Waals surface area contributed by atoms with Crippen LogP contribution in [-0.4, -0.2) is 51.2 Å². The maximum Gasteiger partial charge on any atom is 0.343 e. The van der Waals surface area contributed by atoms with Gasteiger partial charge in [-0.15, -0.1) is 0 Å². The van der Waals surface area contributed by atoms with Gasteiger partial charge in [-0.05, 0) is 68.4 Å². The smallest absolute Gasteiger partial charge is 0.343 e. The minimum Gasteiger partial charge on any atom is -0.423 e. The first kappa shape index (κ1) is 33.4. The highest BCUT2D eigenvalue weighted by molar-refractivity contribution is 5.96. The number of para-hydroxylation sites is 2. The Bertz CT molecular complexity index is 957. The quantitative estimate of drug-likeness (QED) is 0.125. The minimum atomic E-state index is -0.532. The molecule has 0 saturated carbocycles. The second kappa shape index (κ2) is 22.4. The average Bonchev–Trinajstić information content (AvgIpc) is 2.97. The van der Waals surface area contributed by atoms with Crippen molar-refractivity contribution in [3.63, 3.8) is 0 Å². The molecule has 212 valence electrons. The number of unbranched alkanes of at least 4 members (excludes halogenated alkanes) is 3. The SMILES string of the molecule is NCCCCCCN.NCCNCCN.O=C(Oc1ccccc1)c1cccc(C(=O)Oc2ccccc2)c1. The number of carbonyl (C=O) groups is 2. The fraction of sp³-hybridized carbons (Fsp3) is 0.333. The molecule has 0 aliphatic carbocycles. The van der Waals surface area contributed by atoms with E-state index in [1.165, 1.54) is 18.9 Å². The van der Waals surface area contributed by atoms with Crippen molar-refractivity contribution >= 4 is 11.9 Å². The Kier molecular flexibility index (Phi) is 19.2. The van der Waals surface area contributed by atoms with Gasteiger partial charge in [0, 0.05) is 26.2 Å². The van der Waals surface area contributed by atoms with Crippen LogP contribution in [-0.2, 0) is 0 Å². The van der Waals surface area contributed by atoms with Gasteiger partial charge in [-0.3, -0.25) is 0 Å². The van der Waals surface area contributed by atoms with Crippen molar-refractivity contribution in [2.75, 3.05) is 39.3 Å². The summed E-state index contributed by atoms with van der Waals surface area (Å²) in [5.41, 5.74) is 21.4. The zero-order valence-corrected chi connectivity index (χ0v) is 22.6.